The Hall–Kier alpha value is -3.81. The molecule has 1 aliphatic rings. The van der Waals surface area contributed by atoms with Crippen LogP contribution in [0.5, 0.6) is 5.75 Å². The molecule has 1 aromatic heterocycles. The zero-order valence-corrected chi connectivity index (χ0v) is 17.6. The SMILES string of the molecule is COc1ccc(-c2cc(N3CCN(C(=O)c4ccc(NC(C)=O)cc4)CC3)n[nH]2)cc1. The van der Waals surface area contributed by atoms with Gasteiger partial charge in [0.15, 0.2) is 5.82 Å². The van der Waals surface area contributed by atoms with E-state index in [0.29, 0.717) is 37.4 Å². The van der Waals surface area contributed by atoms with Gasteiger partial charge in [0, 0.05) is 50.4 Å². The van der Waals surface area contributed by atoms with E-state index in [1.54, 1.807) is 31.4 Å². The molecule has 1 saturated heterocycles. The summed E-state index contributed by atoms with van der Waals surface area (Å²) in [6.45, 7) is 4.12. The summed E-state index contributed by atoms with van der Waals surface area (Å²) in [5.74, 6) is 1.55. The van der Waals surface area contributed by atoms with Crippen LogP contribution in [0.15, 0.2) is 54.6 Å². The number of hydrogen-bond donors (Lipinski definition) is 2. The molecule has 2 aromatic carbocycles. The monoisotopic (exact) mass is 419 g/mol. The van der Waals surface area contributed by atoms with Crippen molar-refractivity contribution in [1.82, 2.24) is 15.1 Å². The molecule has 0 bridgehead atoms. The van der Waals surface area contributed by atoms with Gasteiger partial charge in [-0.1, -0.05) is 0 Å². The number of hydrogen-bond acceptors (Lipinski definition) is 5. The minimum Gasteiger partial charge on any atom is -0.497 e. The van der Waals surface area contributed by atoms with E-state index in [4.69, 9.17) is 4.74 Å². The minimum absolute atomic E-state index is 0.00465. The number of piperazine rings is 1. The van der Waals surface area contributed by atoms with Crippen molar-refractivity contribution in [2.75, 3.05) is 43.5 Å². The molecule has 4 rings (SSSR count). The molecule has 0 spiro atoms. The molecule has 8 heteroatoms. The molecule has 0 aliphatic carbocycles. The highest BCUT2D eigenvalue weighted by Crippen LogP contribution is 2.25. The average molecular weight is 419 g/mol. The lowest BCUT2D eigenvalue weighted by Gasteiger charge is -2.34. The molecule has 0 radical (unpaired) electrons. The van der Waals surface area contributed by atoms with E-state index in [1.807, 2.05) is 35.2 Å². The van der Waals surface area contributed by atoms with Gasteiger partial charge in [-0.05, 0) is 54.1 Å². The van der Waals surface area contributed by atoms with E-state index in [0.717, 1.165) is 22.8 Å². The number of rotatable bonds is 5. The van der Waals surface area contributed by atoms with Gasteiger partial charge in [0.2, 0.25) is 5.91 Å². The number of carbonyl (C=O) groups excluding carboxylic acids is 2. The third-order valence-electron chi connectivity index (χ3n) is 5.31. The summed E-state index contributed by atoms with van der Waals surface area (Å²) in [6.07, 6.45) is 0. The molecule has 3 aromatic rings. The largest absolute Gasteiger partial charge is 0.497 e. The number of aromatic nitrogens is 2. The van der Waals surface area contributed by atoms with Gasteiger partial charge in [-0.15, -0.1) is 0 Å². The van der Waals surface area contributed by atoms with Crippen LogP contribution < -0.4 is 15.0 Å². The van der Waals surface area contributed by atoms with E-state index in [2.05, 4.69) is 20.4 Å². The van der Waals surface area contributed by atoms with E-state index in [-0.39, 0.29) is 11.8 Å². The lowest BCUT2D eigenvalue weighted by atomic mass is 10.1. The maximum absolute atomic E-state index is 12.8. The van der Waals surface area contributed by atoms with E-state index < -0.39 is 0 Å². The summed E-state index contributed by atoms with van der Waals surface area (Å²) in [5.41, 5.74) is 3.27. The maximum Gasteiger partial charge on any atom is 0.253 e. The number of methoxy groups -OCH3 is 1. The first-order valence-corrected chi connectivity index (χ1v) is 10.2. The van der Waals surface area contributed by atoms with Gasteiger partial charge in [-0.25, -0.2) is 0 Å². The quantitative estimate of drug-likeness (QED) is 0.664. The fraction of sp³-hybridized carbons (Fsp3) is 0.261. The zero-order valence-electron chi connectivity index (χ0n) is 17.6. The number of amides is 2. The molecule has 2 amide bonds. The molecule has 1 aliphatic heterocycles. The molecular formula is C23H25N5O3. The van der Waals surface area contributed by atoms with Crippen LogP contribution in [0, 0.1) is 0 Å². The lowest BCUT2D eigenvalue weighted by Crippen LogP contribution is -2.48. The third kappa shape index (κ3) is 4.69. The number of nitrogens with one attached hydrogen (secondary N) is 2. The summed E-state index contributed by atoms with van der Waals surface area (Å²) in [6, 6.07) is 16.8. The predicted molar refractivity (Wildman–Crippen MR) is 119 cm³/mol. The van der Waals surface area contributed by atoms with Gasteiger partial charge < -0.3 is 19.9 Å². The highest BCUT2D eigenvalue weighted by Gasteiger charge is 2.23. The van der Waals surface area contributed by atoms with Gasteiger partial charge >= 0.3 is 0 Å². The number of aromatic amines is 1. The molecule has 2 heterocycles. The smallest absolute Gasteiger partial charge is 0.253 e. The Morgan fingerprint density at radius 2 is 1.68 bits per heavy atom. The van der Waals surface area contributed by atoms with Gasteiger partial charge in [0.1, 0.15) is 5.75 Å². The van der Waals surface area contributed by atoms with Crippen LogP contribution in [0.1, 0.15) is 17.3 Å². The van der Waals surface area contributed by atoms with E-state index >= 15 is 0 Å². The van der Waals surface area contributed by atoms with Gasteiger partial charge in [-0.2, -0.15) is 5.10 Å². The molecule has 31 heavy (non-hydrogen) atoms. The Morgan fingerprint density at radius 3 is 2.29 bits per heavy atom. The number of H-pyrrole nitrogens is 1. The van der Waals surface area contributed by atoms with Crippen molar-refractivity contribution in [3.63, 3.8) is 0 Å². The first kappa shape index (κ1) is 20.5. The van der Waals surface area contributed by atoms with E-state index in [1.165, 1.54) is 6.92 Å². The van der Waals surface area contributed by atoms with Crippen molar-refractivity contribution >= 4 is 23.3 Å². The summed E-state index contributed by atoms with van der Waals surface area (Å²) in [5, 5.41) is 10.3. The fourth-order valence-corrected chi connectivity index (χ4v) is 3.61. The predicted octanol–water partition coefficient (Wildman–Crippen LogP) is 3.01. The van der Waals surface area contributed by atoms with Crippen molar-refractivity contribution in [1.29, 1.82) is 0 Å². The Balaban J connectivity index is 1.35. The van der Waals surface area contributed by atoms with E-state index in [9.17, 15) is 9.59 Å². The topological polar surface area (TPSA) is 90.6 Å². The molecule has 2 N–H and O–H groups in total. The molecule has 160 valence electrons. The van der Waals surface area contributed by atoms with Crippen LogP contribution in [0.3, 0.4) is 0 Å². The number of carbonyl (C=O) groups is 2. The minimum atomic E-state index is -0.135. The first-order valence-electron chi connectivity index (χ1n) is 10.2. The number of benzene rings is 2. The van der Waals surface area contributed by atoms with Crippen molar-refractivity contribution in [2.24, 2.45) is 0 Å². The van der Waals surface area contributed by atoms with Crippen LogP contribution in [-0.4, -0.2) is 60.2 Å². The second-order valence-electron chi connectivity index (χ2n) is 7.41. The second-order valence-corrected chi connectivity index (χ2v) is 7.41. The highest BCUT2D eigenvalue weighted by molar-refractivity contribution is 5.95. The molecule has 0 saturated carbocycles. The van der Waals surface area contributed by atoms with Crippen molar-refractivity contribution < 1.29 is 14.3 Å². The lowest BCUT2D eigenvalue weighted by molar-refractivity contribution is -0.114. The Morgan fingerprint density at radius 1 is 1.00 bits per heavy atom. The molecule has 0 atom stereocenters. The van der Waals surface area contributed by atoms with Crippen LogP contribution >= 0.6 is 0 Å². The standard InChI is InChI=1S/C23H25N5O3/c1-16(29)24-19-7-3-18(4-8-19)23(30)28-13-11-27(12-14-28)22-15-21(25-26-22)17-5-9-20(31-2)10-6-17/h3-10,15H,11-14H2,1-2H3,(H,24,29)(H,25,26). The normalized spacial score (nSPS) is 13.7. The molecule has 1 fully saturated rings. The Kier molecular flexibility index (Phi) is 5.88. The first-order chi connectivity index (χ1) is 15.0. The Labute approximate surface area is 180 Å². The molecule has 0 unspecified atom stereocenters. The summed E-state index contributed by atoms with van der Waals surface area (Å²) >= 11 is 0. The second kappa shape index (κ2) is 8.91. The highest BCUT2D eigenvalue weighted by atomic mass is 16.5. The van der Waals surface area contributed by atoms with Crippen LogP contribution in [0.2, 0.25) is 0 Å². The number of ether oxygens (including phenoxy) is 1. The average Bonchev–Trinajstić information content (AvgIpc) is 3.29. The number of anilines is 2. The van der Waals surface area contributed by atoms with Crippen LogP contribution in [0.4, 0.5) is 11.5 Å². The number of nitrogens with zero attached hydrogens (tertiary/aromatic N) is 3. The summed E-state index contributed by atoms with van der Waals surface area (Å²) in [4.78, 5) is 28.0. The summed E-state index contributed by atoms with van der Waals surface area (Å²) in [7, 11) is 1.65. The summed E-state index contributed by atoms with van der Waals surface area (Å²) < 4.78 is 5.20. The fourth-order valence-electron chi connectivity index (χ4n) is 3.61. The van der Waals surface area contributed by atoms with Crippen LogP contribution in [0.25, 0.3) is 11.3 Å². The van der Waals surface area contributed by atoms with Crippen molar-refractivity contribution in [2.45, 2.75) is 6.92 Å². The van der Waals surface area contributed by atoms with Crippen molar-refractivity contribution in [3.05, 3.63) is 60.2 Å². The van der Waals surface area contributed by atoms with Crippen molar-refractivity contribution in [3.8, 4) is 17.0 Å². The molecular weight excluding hydrogens is 394 g/mol. The Bertz CT molecular complexity index is 1050. The van der Waals surface area contributed by atoms with Gasteiger partial charge in [-0.3, -0.25) is 14.7 Å². The third-order valence-corrected chi connectivity index (χ3v) is 5.31. The van der Waals surface area contributed by atoms with Gasteiger partial charge in [0.05, 0.1) is 12.8 Å². The molecule has 8 nitrogen and oxygen atoms in total. The maximum atomic E-state index is 12.8. The van der Waals surface area contributed by atoms with Crippen LogP contribution in [-0.2, 0) is 4.79 Å². The zero-order chi connectivity index (χ0) is 21.8. The van der Waals surface area contributed by atoms with Gasteiger partial charge in [0.25, 0.3) is 5.91 Å².